The van der Waals surface area contributed by atoms with Gasteiger partial charge in [0.25, 0.3) is 0 Å². The van der Waals surface area contributed by atoms with Gasteiger partial charge in [0.2, 0.25) is 0 Å². The molecule has 0 amide bonds. The van der Waals surface area contributed by atoms with E-state index in [1.165, 1.54) is 0 Å². The van der Waals surface area contributed by atoms with Crippen molar-refractivity contribution in [2.24, 2.45) is 0 Å². The summed E-state index contributed by atoms with van der Waals surface area (Å²) in [7, 11) is 0. The van der Waals surface area contributed by atoms with E-state index in [2.05, 4.69) is 20.9 Å². The van der Waals surface area contributed by atoms with Crippen LogP contribution in [-0.4, -0.2) is 16.1 Å². The number of pyridine rings is 1. The van der Waals surface area contributed by atoms with Gasteiger partial charge >= 0.3 is 5.97 Å². The van der Waals surface area contributed by atoms with Crippen molar-refractivity contribution >= 4 is 33.5 Å². The Morgan fingerprint density at radius 1 is 1.32 bits per heavy atom. The van der Waals surface area contributed by atoms with E-state index in [-0.39, 0.29) is 0 Å². The first kappa shape index (κ1) is 14.0. The van der Waals surface area contributed by atoms with Crippen LogP contribution in [0.2, 0.25) is 5.02 Å². The molecule has 19 heavy (non-hydrogen) atoms. The number of carboxylic acid groups (broad SMARTS) is 1. The molecule has 1 atom stereocenters. The number of aliphatic carboxylic acids is 1. The Labute approximate surface area is 124 Å². The number of benzene rings is 1. The molecule has 0 aliphatic carbocycles. The van der Waals surface area contributed by atoms with E-state index in [0.29, 0.717) is 11.4 Å². The SMILES string of the molecule is O=C(O)C(Cc1cncc(Br)c1)c1ccc(Cl)cc1. The summed E-state index contributed by atoms with van der Waals surface area (Å²) in [5.74, 6) is -1.46. The predicted octanol–water partition coefficient (Wildman–Crippen LogP) is 3.91. The monoisotopic (exact) mass is 339 g/mol. The molecule has 0 saturated heterocycles. The summed E-state index contributed by atoms with van der Waals surface area (Å²) in [5.41, 5.74) is 1.61. The summed E-state index contributed by atoms with van der Waals surface area (Å²) in [6, 6.07) is 8.76. The van der Waals surface area contributed by atoms with Gasteiger partial charge in [0.05, 0.1) is 5.92 Å². The highest BCUT2D eigenvalue weighted by Crippen LogP contribution is 2.24. The molecule has 2 rings (SSSR count). The standard InChI is InChI=1S/C14H11BrClNO2/c15-11-5-9(7-17-8-11)6-13(14(18)19)10-1-3-12(16)4-2-10/h1-5,7-8,13H,6H2,(H,18,19). The van der Waals surface area contributed by atoms with E-state index in [0.717, 1.165) is 15.6 Å². The fraction of sp³-hybridized carbons (Fsp3) is 0.143. The maximum Gasteiger partial charge on any atom is 0.311 e. The lowest BCUT2D eigenvalue weighted by molar-refractivity contribution is -0.138. The Morgan fingerprint density at radius 3 is 2.58 bits per heavy atom. The average Bonchev–Trinajstić information content (AvgIpc) is 2.37. The quantitative estimate of drug-likeness (QED) is 0.918. The minimum atomic E-state index is -0.859. The first-order valence-corrected chi connectivity index (χ1v) is 6.81. The zero-order valence-electron chi connectivity index (χ0n) is 9.88. The smallest absolute Gasteiger partial charge is 0.311 e. The number of halogens is 2. The van der Waals surface area contributed by atoms with Crippen molar-refractivity contribution in [1.29, 1.82) is 0 Å². The fourth-order valence-electron chi connectivity index (χ4n) is 1.85. The minimum absolute atomic E-state index is 0.392. The molecule has 0 saturated carbocycles. The summed E-state index contributed by atoms with van der Waals surface area (Å²) in [6.45, 7) is 0. The summed E-state index contributed by atoms with van der Waals surface area (Å²) < 4.78 is 0.838. The summed E-state index contributed by atoms with van der Waals surface area (Å²) in [6.07, 6.45) is 3.74. The molecular formula is C14H11BrClNO2. The van der Waals surface area contributed by atoms with Gasteiger partial charge in [-0.05, 0) is 51.7 Å². The molecule has 98 valence electrons. The number of rotatable bonds is 4. The highest BCUT2D eigenvalue weighted by atomic mass is 79.9. The molecule has 0 radical (unpaired) electrons. The number of carboxylic acids is 1. The van der Waals surface area contributed by atoms with E-state index >= 15 is 0 Å². The van der Waals surface area contributed by atoms with Crippen LogP contribution in [0.1, 0.15) is 17.0 Å². The average molecular weight is 341 g/mol. The first-order chi connectivity index (χ1) is 9.06. The molecule has 1 aromatic heterocycles. The van der Waals surface area contributed by atoms with E-state index in [1.54, 1.807) is 36.7 Å². The molecule has 3 nitrogen and oxygen atoms in total. The van der Waals surface area contributed by atoms with Crippen LogP contribution in [0.3, 0.4) is 0 Å². The molecule has 0 spiro atoms. The third kappa shape index (κ3) is 3.78. The van der Waals surface area contributed by atoms with Gasteiger partial charge in [-0.1, -0.05) is 23.7 Å². The fourth-order valence-corrected chi connectivity index (χ4v) is 2.38. The number of hydrogen-bond acceptors (Lipinski definition) is 2. The topological polar surface area (TPSA) is 50.2 Å². The lowest BCUT2D eigenvalue weighted by Gasteiger charge is -2.13. The molecule has 1 heterocycles. The van der Waals surface area contributed by atoms with Crippen LogP contribution in [0.15, 0.2) is 47.2 Å². The second-order valence-electron chi connectivity index (χ2n) is 4.16. The van der Waals surface area contributed by atoms with Gasteiger partial charge in [0.1, 0.15) is 0 Å². The van der Waals surface area contributed by atoms with Crippen LogP contribution in [0.4, 0.5) is 0 Å². The van der Waals surface area contributed by atoms with Crippen LogP contribution in [0.25, 0.3) is 0 Å². The highest BCUT2D eigenvalue weighted by molar-refractivity contribution is 9.10. The molecule has 0 bridgehead atoms. The normalized spacial score (nSPS) is 12.1. The van der Waals surface area contributed by atoms with Crippen molar-refractivity contribution < 1.29 is 9.90 Å². The van der Waals surface area contributed by atoms with Crippen molar-refractivity contribution in [2.45, 2.75) is 12.3 Å². The largest absolute Gasteiger partial charge is 0.481 e. The number of aromatic nitrogens is 1. The lowest BCUT2D eigenvalue weighted by Crippen LogP contribution is -2.14. The van der Waals surface area contributed by atoms with Crippen molar-refractivity contribution in [3.05, 3.63) is 63.3 Å². The predicted molar refractivity (Wildman–Crippen MR) is 77.5 cm³/mol. The molecule has 1 unspecified atom stereocenters. The van der Waals surface area contributed by atoms with Gasteiger partial charge in [0, 0.05) is 21.9 Å². The van der Waals surface area contributed by atoms with Crippen LogP contribution >= 0.6 is 27.5 Å². The molecule has 1 N–H and O–H groups in total. The molecule has 5 heteroatoms. The summed E-state index contributed by atoms with van der Waals surface area (Å²) >= 11 is 9.14. The Bertz CT molecular complexity index is 586. The third-order valence-corrected chi connectivity index (χ3v) is 3.46. The van der Waals surface area contributed by atoms with E-state index in [1.807, 2.05) is 6.07 Å². The maximum absolute atomic E-state index is 11.4. The van der Waals surface area contributed by atoms with Gasteiger partial charge in [-0.2, -0.15) is 0 Å². The Balaban J connectivity index is 2.26. The number of nitrogens with zero attached hydrogens (tertiary/aromatic N) is 1. The third-order valence-electron chi connectivity index (χ3n) is 2.77. The zero-order chi connectivity index (χ0) is 13.8. The van der Waals surface area contributed by atoms with Crippen molar-refractivity contribution in [3.8, 4) is 0 Å². The van der Waals surface area contributed by atoms with E-state index in [4.69, 9.17) is 11.6 Å². The van der Waals surface area contributed by atoms with Gasteiger partial charge in [-0.3, -0.25) is 9.78 Å². The van der Waals surface area contributed by atoms with Crippen LogP contribution in [0.5, 0.6) is 0 Å². The minimum Gasteiger partial charge on any atom is -0.481 e. The van der Waals surface area contributed by atoms with Crippen LogP contribution in [-0.2, 0) is 11.2 Å². The second kappa shape index (κ2) is 6.17. The summed E-state index contributed by atoms with van der Waals surface area (Å²) in [4.78, 5) is 15.5. The molecule has 2 aromatic rings. The molecule has 0 aliphatic heterocycles. The number of carbonyl (C=O) groups is 1. The van der Waals surface area contributed by atoms with Gasteiger partial charge in [-0.15, -0.1) is 0 Å². The van der Waals surface area contributed by atoms with Crippen molar-refractivity contribution in [2.75, 3.05) is 0 Å². The molecule has 0 aliphatic rings. The Kier molecular flexibility index (Phi) is 4.56. The second-order valence-corrected chi connectivity index (χ2v) is 5.51. The Hall–Kier alpha value is -1.39. The number of hydrogen-bond donors (Lipinski definition) is 1. The maximum atomic E-state index is 11.4. The van der Waals surface area contributed by atoms with Gasteiger partial charge < -0.3 is 5.11 Å². The van der Waals surface area contributed by atoms with Crippen molar-refractivity contribution in [3.63, 3.8) is 0 Å². The lowest BCUT2D eigenvalue weighted by atomic mass is 9.93. The van der Waals surface area contributed by atoms with E-state index < -0.39 is 11.9 Å². The molecule has 0 fully saturated rings. The van der Waals surface area contributed by atoms with Crippen LogP contribution in [0, 0.1) is 0 Å². The van der Waals surface area contributed by atoms with Gasteiger partial charge in [0.15, 0.2) is 0 Å². The first-order valence-electron chi connectivity index (χ1n) is 5.64. The molecular weight excluding hydrogens is 330 g/mol. The van der Waals surface area contributed by atoms with Gasteiger partial charge in [-0.25, -0.2) is 0 Å². The summed E-state index contributed by atoms with van der Waals surface area (Å²) in [5, 5.41) is 9.96. The van der Waals surface area contributed by atoms with Crippen LogP contribution < -0.4 is 0 Å². The Morgan fingerprint density at radius 2 is 2.00 bits per heavy atom. The van der Waals surface area contributed by atoms with Crippen molar-refractivity contribution in [1.82, 2.24) is 4.98 Å². The van der Waals surface area contributed by atoms with E-state index in [9.17, 15) is 9.90 Å². The molecule has 1 aromatic carbocycles. The zero-order valence-corrected chi connectivity index (χ0v) is 12.2. The highest BCUT2D eigenvalue weighted by Gasteiger charge is 2.20.